The van der Waals surface area contributed by atoms with Crippen molar-refractivity contribution in [3.8, 4) is 17.1 Å². The Kier molecular flexibility index (Phi) is 5.46. The quantitative estimate of drug-likeness (QED) is 0.596. The third-order valence-corrected chi connectivity index (χ3v) is 4.60. The van der Waals surface area contributed by atoms with Gasteiger partial charge in [0.15, 0.2) is 11.6 Å². The topological polar surface area (TPSA) is 47.8 Å². The lowest BCUT2D eigenvalue weighted by molar-refractivity contribution is 0.112. The maximum atomic E-state index is 10.9. The molecule has 136 valence electrons. The number of aromatic nitrogens is 3. The van der Waals surface area contributed by atoms with Gasteiger partial charge in [0.05, 0.1) is 5.69 Å². The lowest BCUT2D eigenvalue weighted by Crippen LogP contribution is -2.02. The Morgan fingerprint density at radius 3 is 2.52 bits per heavy atom. The van der Waals surface area contributed by atoms with Gasteiger partial charge in [-0.2, -0.15) is 5.10 Å². The number of benzene rings is 2. The van der Waals surface area contributed by atoms with Gasteiger partial charge in [0.2, 0.25) is 0 Å². The van der Waals surface area contributed by atoms with Gasteiger partial charge in [0.25, 0.3) is 0 Å². The summed E-state index contributed by atoms with van der Waals surface area (Å²) >= 11 is 0. The summed E-state index contributed by atoms with van der Waals surface area (Å²) in [7, 11) is 0. The van der Waals surface area contributed by atoms with Crippen LogP contribution < -0.4 is 0 Å². The van der Waals surface area contributed by atoms with Crippen molar-refractivity contribution in [1.29, 1.82) is 0 Å². The Balaban J connectivity index is 0.00000210. The first-order valence-corrected chi connectivity index (χ1v) is 8.68. The highest BCUT2D eigenvalue weighted by Crippen LogP contribution is 2.29. The Morgan fingerprint density at radius 2 is 1.85 bits per heavy atom. The summed E-state index contributed by atoms with van der Waals surface area (Å²) < 4.78 is 1.87. The van der Waals surface area contributed by atoms with Gasteiger partial charge in [0, 0.05) is 17.0 Å². The van der Waals surface area contributed by atoms with Crippen LogP contribution in [0.15, 0.2) is 72.8 Å². The van der Waals surface area contributed by atoms with Gasteiger partial charge in [0.1, 0.15) is 6.29 Å². The van der Waals surface area contributed by atoms with E-state index in [-0.39, 0.29) is 13.3 Å². The van der Waals surface area contributed by atoms with E-state index >= 15 is 0 Å². The van der Waals surface area contributed by atoms with E-state index in [0.29, 0.717) is 5.56 Å². The second kappa shape index (κ2) is 7.96. The molecule has 1 aliphatic rings. The lowest BCUT2D eigenvalue weighted by Gasteiger charge is -2.08. The monoisotopic (exact) mass is 357 g/mol. The maximum absolute atomic E-state index is 10.9. The van der Waals surface area contributed by atoms with Crippen LogP contribution in [0, 0.1) is 6.92 Å². The Bertz CT molecular complexity index is 997. The van der Waals surface area contributed by atoms with Crippen LogP contribution in [-0.2, 0) is 0 Å². The fourth-order valence-electron chi connectivity index (χ4n) is 3.13. The van der Waals surface area contributed by atoms with Crippen molar-refractivity contribution in [2.75, 3.05) is 0 Å². The number of nitrogens with zero attached hydrogens (tertiary/aromatic N) is 3. The van der Waals surface area contributed by atoms with E-state index < -0.39 is 0 Å². The number of carbonyl (C=O) groups excluding carboxylic acids is 1. The molecule has 1 heterocycles. The molecule has 0 aliphatic heterocycles. The van der Waals surface area contributed by atoms with Crippen molar-refractivity contribution in [2.45, 2.75) is 26.7 Å². The first-order chi connectivity index (χ1) is 12.8. The maximum Gasteiger partial charge on any atom is 0.163 e. The minimum Gasteiger partial charge on any atom is -0.298 e. The number of allylic oxidation sites excluding steroid dienone is 4. The third-order valence-electron chi connectivity index (χ3n) is 4.60. The molecule has 0 bridgehead atoms. The van der Waals surface area contributed by atoms with Gasteiger partial charge >= 0.3 is 0 Å². The van der Waals surface area contributed by atoms with Gasteiger partial charge in [-0.15, -0.1) is 0 Å². The molecule has 0 saturated carbocycles. The van der Waals surface area contributed by atoms with E-state index in [1.165, 1.54) is 0 Å². The van der Waals surface area contributed by atoms with Crippen LogP contribution in [0.25, 0.3) is 17.1 Å². The number of carbonyl (C=O) groups is 1. The first-order valence-electron chi connectivity index (χ1n) is 8.68. The SMILES string of the molecule is C.Cc1ccccc1-c1nc(C2C=CC=CC2)nn1-c1ccc(C=O)cc1. The zero-order valence-corrected chi connectivity index (χ0v) is 14.5. The van der Waals surface area contributed by atoms with E-state index in [0.717, 1.165) is 41.2 Å². The summed E-state index contributed by atoms with van der Waals surface area (Å²) in [6, 6.07) is 15.6. The molecule has 0 N–H and O–H groups in total. The van der Waals surface area contributed by atoms with Crippen LogP contribution >= 0.6 is 0 Å². The summed E-state index contributed by atoms with van der Waals surface area (Å²) in [6.07, 6.45) is 10.1. The molecule has 4 heteroatoms. The van der Waals surface area contributed by atoms with Crippen LogP contribution in [0.5, 0.6) is 0 Å². The largest absolute Gasteiger partial charge is 0.298 e. The van der Waals surface area contributed by atoms with Crippen LogP contribution in [0.3, 0.4) is 0 Å². The molecule has 2 aromatic carbocycles. The lowest BCUT2D eigenvalue weighted by atomic mass is 10.0. The van der Waals surface area contributed by atoms with Gasteiger partial charge in [-0.1, -0.05) is 56.0 Å². The van der Waals surface area contributed by atoms with Crippen LogP contribution in [0.1, 0.15) is 41.5 Å². The average Bonchev–Trinajstić information content (AvgIpc) is 3.14. The minimum atomic E-state index is 0. The second-order valence-electron chi connectivity index (χ2n) is 6.38. The summed E-state index contributed by atoms with van der Waals surface area (Å²) in [5.74, 6) is 1.81. The summed E-state index contributed by atoms with van der Waals surface area (Å²) in [5, 5.41) is 4.81. The molecule has 0 radical (unpaired) electrons. The first kappa shape index (κ1) is 18.5. The van der Waals surface area contributed by atoms with Crippen molar-refractivity contribution in [2.24, 2.45) is 0 Å². The minimum absolute atomic E-state index is 0. The number of rotatable bonds is 4. The third kappa shape index (κ3) is 3.65. The van der Waals surface area contributed by atoms with Crippen molar-refractivity contribution >= 4 is 6.29 Å². The predicted molar refractivity (Wildman–Crippen MR) is 109 cm³/mol. The fourth-order valence-corrected chi connectivity index (χ4v) is 3.13. The molecular formula is C23H23N3O. The molecule has 0 saturated heterocycles. The average molecular weight is 357 g/mol. The molecule has 1 unspecified atom stereocenters. The van der Waals surface area contributed by atoms with Crippen LogP contribution in [0.4, 0.5) is 0 Å². The van der Waals surface area contributed by atoms with Gasteiger partial charge in [-0.3, -0.25) is 4.79 Å². The Hall–Kier alpha value is -3.27. The second-order valence-corrected chi connectivity index (χ2v) is 6.38. The molecule has 1 aliphatic carbocycles. The standard InChI is InChI=1S/C22H19N3O.CH4/c1-16-7-5-6-10-20(16)22-23-21(18-8-3-2-4-9-18)24-25(22)19-13-11-17(15-26)12-14-19;/h2-8,10-15,18H,9H2,1H3;1H4. The molecule has 0 amide bonds. The number of hydrogen-bond donors (Lipinski definition) is 0. The predicted octanol–water partition coefficient (Wildman–Crippen LogP) is 5.29. The van der Waals surface area contributed by atoms with E-state index in [9.17, 15) is 4.79 Å². The number of aryl methyl sites for hydroxylation is 1. The Morgan fingerprint density at radius 1 is 1.07 bits per heavy atom. The van der Waals surface area contributed by atoms with Gasteiger partial charge < -0.3 is 0 Å². The zero-order valence-electron chi connectivity index (χ0n) is 14.5. The van der Waals surface area contributed by atoms with Crippen molar-refractivity contribution in [3.05, 3.63) is 89.8 Å². The molecule has 4 nitrogen and oxygen atoms in total. The van der Waals surface area contributed by atoms with Crippen LogP contribution in [0.2, 0.25) is 0 Å². The van der Waals surface area contributed by atoms with Crippen molar-refractivity contribution in [1.82, 2.24) is 14.8 Å². The zero-order chi connectivity index (χ0) is 17.9. The summed E-state index contributed by atoms with van der Waals surface area (Å²) in [5.41, 5.74) is 3.74. The van der Waals surface area contributed by atoms with Crippen molar-refractivity contribution < 1.29 is 4.79 Å². The number of hydrogen-bond acceptors (Lipinski definition) is 3. The van der Waals surface area contributed by atoms with Crippen LogP contribution in [-0.4, -0.2) is 21.1 Å². The highest BCUT2D eigenvalue weighted by molar-refractivity contribution is 5.75. The molecular weight excluding hydrogens is 334 g/mol. The van der Waals surface area contributed by atoms with Gasteiger partial charge in [-0.25, -0.2) is 9.67 Å². The number of aldehydes is 1. The molecule has 1 atom stereocenters. The highest BCUT2D eigenvalue weighted by atomic mass is 16.1. The van der Waals surface area contributed by atoms with E-state index in [1.807, 2.05) is 41.1 Å². The normalized spacial score (nSPS) is 15.4. The van der Waals surface area contributed by atoms with Crippen molar-refractivity contribution in [3.63, 3.8) is 0 Å². The molecule has 3 aromatic rings. The van der Waals surface area contributed by atoms with Gasteiger partial charge in [-0.05, 0) is 43.2 Å². The summed E-state index contributed by atoms with van der Waals surface area (Å²) in [6.45, 7) is 2.08. The molecule has 4 rings (SSSR count). The van der Waals surface area contributed by atoms with E-state index in [2.05, 4.69) is 31.2 Å². The van der Waals surface area contributed by atoms with E-state index in [4.69, 9.17) is 10.1 Å². The molecule has 27 heavy (non-hydrogen) atoms. The molecule has 1 aromatic heterocycles. The van der Waals surface area contributed by atoms with E-state index in [1.54, 1.807) is 12.1 Å². The molecule has 0 spiro atoms. The highest BCUT2D eigenvalue weighted by Gasteiger charge is 2.20. The fraction of sp³-hybridized carbons (Fsp3) is 0.174. The smallest absolute Gasteiger partial charge is 0.163 e. The molecule has 0 fully saturated rings. The Labute approximate surface area is 159 Å². The summed E-state index contributed by atoms with van der Waals surface area (Å²) in [4.78, 5) is 15.8.